The average Bonchev–Trinajstić information content (AvgIpc) is 3.41. The third-order valence-electron chi connectivity index (χ3n) is 14.4. The van der Waals surface area contributed by atoms with E-state index in [4.69, 9.17) is 14.2 Å². The van der Waals surface area contributed by atoms with E-state index in [-0.39, 0.29) is 19.3 Å². The van der Waals surface area contributed by atoms with Crippen LogP contribution in [0, 0.1) is 0 Å². The van der Waals surface area contributed by atoms with Crippen molar-refractivity contribution in [2.75, 3.05) is 32.1 Å². The highest BCUT2D eigenvalue weighted by atomic mass is 32.2. The minimum atomic E-state index is -4.68. The number of carboxylic acids is 1. The van der Waals surface area contributed by atoms with Gasteiger partial charge in [0.05, 0.1) is 12.2 Å². The van der Waals surface area contributed by atoms with Gasteiger partial charge in [0.2, 0.25) is 5.91 Å². The zero-order valence-corrected chi connectivity index (χ0v) is 50.8. The maximum Gasteiger partial charge on any atom is 0.305 e. The molecule has 13 nitrogen and oxygen atoms in total. The van der Waals surface area contributed by atoms with Crippen LogP contribution < -0.4 is 0 Å². The number of nitrogens with zero attached hydrogens (tertiary/aromatic N) is 1. The van der Waals surface area contributed by atoms with E-state index in [0.717, 1.165) is 120 Å². The molecule has 0 aromatic heterocycles. The first-order chi connectivity index (χ1) is 37.8. The van der Waals surface area contributed by atoms with Gasteiger partial charge in [-0.1, -0.05) is 211 Å². The fourth-order valence-electron chi connectivity index (χ4n) is 9.42. The van der Waals surface area contributed by atoms with E-state index in [1.807, 2.05) is 0 Å². The van der Waals surface area contributed by atoms with Crippen molar-refractivity contribution in [1.29, 1.82) is 0 Å². The number of hydrogen-bond donors (Lipinski definition) is 2. The molecule has 0 aliphatic carbocycles. The van der Waals surface area contributed by atoms with E-state index in [9.17, 15) is 42.0 Å². The molecule has 0 radical (unpaired) electrons. The van der Waals surface area contributed by atoms with Crippen LogP contribution in [0.5, 0.6) is 0 Å². The van der Waals surface area contributed by atoms with Crippen molar-refractivity contribution < 1.29 is 56.3 Å². The predicted molar refractivity (Wildman–Crippen MR) is 319 cm³/mol. The van der Waals surface area contributed by atoms with Crippen LogP contribution in [-0.4, -0.2) is 90.4 Å². The van der Waals surface area contributed by atoms with Crippen molar-refractivity contribution >= 4 is 39.9 Å². The topological polar surface area (TPSA) is 191 Å². The van der Waals surface area contributed by atoms with Gasteiger partial charge in [-0.05, 0) is 96.3 Å². The number of unbranched alkanes of at least 4 members (excludes halogenated alkanes) is 33. The molecule has 0 saturated carbocycles. The summed E-state index contributed by atoms with van der Waals surface area (Å²) in [7, 11) is -4.68. The molecule has 0 heterocycles. The third kappa shape index (κ3) is 49.5. The number of carbonyl (C=O) groups excluding carboxylic acids is 4. The zero-order valence-electron chi connectivity index (χ0n) is 49.9. The summed E-state index contributed by atoms with van der Waals surface area (Å²) in [6.07, 6.45) is 55.1. The smallest absolute Gasteiger partial charge is 0.305 e. The molecule has 0 saturated heterocycles. The average molecular weight is 1120 g/mol. The molecule has 0 bridgehead atoms. The largest absolute Gasteiger partial charge is 0.481 e. The van der Waals surface area contributed by atoms with Crippen molar-refractivity contribution in [3.63, 3.8) is 0 Å². The lowest BCUT2D eigenvalue weighted by Crippen LogP contribution is -2.62. The van der Waals surface area contributed by atoms with Crippen LogP contribution in [-0.2, 0) is 48.3 Å². The van der Waals surface area contributed by atoms with Gasteiger partial charge in [-0.15, -0.1) is 0 Å². The van der Waals surface area contributed by atoms with Gasteiger partial charge in [-0.25, -0.2) is 0 Å². The van der Waals surface area contributed by atoms with Crippen LogP contribution in [0.15, 0.2) is 36.5 Å². The summed E-state index contributed by atoms with van der Waals surface area (Å²) in [6, 6.07) is 0. The molecule has 78 heavy (non-hydrogen) atoms. The number of allylic oxidation sites excluding steroid dienone is 6. The molecule has 1 amide bonds. The lowest BCUT2D eigenvalue weighted by molar-refractivity contribution is -0.172. The van der Waals surface area contributed by atoms with Gasteiger partial charge in [0.1, 0.15) is 25.4 Å². The van der Waals surface area contributed by atoms with Crippen LogP contribution in [0.1, 0.15) is 303 Å². The maximum absolute atomic E-state index is 14.0. The van der Waals surface area contributed by atoms with Gasteiger partial charge in [0.25, 0.3) is 10.1 Å². The Hall–Kier alpha value is -3.52. The van der Waals surface area contributed by atoms with Crippen LogP contribution in [0.4, 0.5) is 0 Å². The van der Waals surface area contributed by atoms with Crippen molar-refractivity contribution in [2.45, 2.75) is 309 Å². The highest BCUT2D eigenvalue weighted by Crippen LogP contribution is 2.24. The van der Waals surface area contributed by atoms with Crippen LogP contribution >= 0.6 is 0 Å². The van der Waals surface area contributed by atoms with E-state index in [1.54, 1.807) is 0 Å². The monoisotopic (exact) mass is 1120 g/mol. The number of amides is 1. The van der Waals surface area contributed by atoms with Crippen molar-refractivity contribution in [2.24, 2.45) is 0 Å². The molecular weight excluding hydrogens is 1010 g/mol. The van der Waals surface area contributed by atoms with Gasteiger partial charge in [-0.2, -0.15) is 8.42 Å². The molecule has 454 valence electrons. The summed E-state index contributed by atoms with van der Waals surface area (Å²) in [5, 5.41) is 9.50. The maximum atomic E-state index is 14.0. The molecule has 0 aliphatic rings. The van der Waals surface area contributed by atoms with Crippen molar-refractivity contribution in [3.05, 3.63) is 36.5 Å². The molecule has 0 aromatic carbocycles. The van der Waals surface area contributed by atoms with Gasteiger partial charge in [0.15, 0.2) is 0 Å². The standard InChI is InChI=1S/C64H115NO12S/c1-4-7-10-13-16-19-22-25-28-31-34-37-40-43-46-49-61(69)75-56-64(65(54-55-78(72,73)74)59(66)52-53-60(67)68,57-76-62(70)50-47-44-41-38-35-32-29-26-23-20-17-14-11-8-5-2)58-77-63(71)51-48-45-42-39-36-33-30-27-24-21-18-15-12-9-6-3/h25-30H,4-24,31-58H2,1-3H3,(H,67,68)(H,72,73,74). The van der Waals surface area contributed by atoms with Crippen LogP contribution in [0.3, 0.4) is 0 Å². The number of carboxylic acid groups (broad SMARTS) is 1. The fourth-order valence-corrected chi connectivity index (χ4v) is 9.84. The Morgan fingerprint density at radius 3 is 0.897 bits per heavy atom. The molecule has 2 N–H and O–H groups in total. The SMILES string of the molecule is CCCCCCCCC=CCCCCCCCC(=O)OCC(COC(=O)CCCCCCCC=CCCCCCCCC)(COC(=O)CCCCCCCC=CCCCCCCCC)N(CCS(=O)(=O)O)C(=O)CCC(=O)O. The summed E-state index contributed by atoms with van der Waals surface area (Å²) in [4.78, 5) is 66.8. The van der Waals surface area contributed by atoms with E-state index in [0.29, 0.717) is 19.3 Å². The first-order valence-corrected chi connectivity index (χ1v) is 33.3. The second-order valence-corrected chi connectivity index (χ2v) is 23.5. The minimum Gasteiger partial charge on any atom is -0.481 e. The van der Waals surface area contributed by atoms with E-state index >= 15 is 0 Å². The summed E-state index contributed by atoms with van der Waals surface area (Å²) in [6.45, 7) is 4.10. The Morgan fingerprint density at radius 1 is 0.385 bits per heavy atom. The second-order valence-electron chi connectivity index (χ2n) is 21.9. The Morgan fingerprint density at radius 2 is 0.641 bits per heavy atom. The molecular formula is C64H115NO12S. The van der Waals surface area contributed by atoms with Crippen molar-refractivity contribution in [3.8, 4) is 0 Å². The summed E-state index contributed by atoms with van der Waals surface area (Å²) in [5.74, 6) is -4.93. The number of aliphatic carboxylic acids is 1. The lowest BCUT2D eigenvalue weighted by atomic mass is 9.98. The molecule has 0 unspecified atom stereocenters. The van der Waals surface area contributed by atoms with E-state index < -0.39 is 90.4 Å². The quantitative estimate of drug-likeness (QED) is 0.0193. The van der Waals surface area contributed by atoms with Gasteiger partial charge in [-0.3, -0.25) is 28.5 Å². The first kappa shape index (κ1) is 74.5. The highest BCUT2D eigenvalue weighted by Gasteiger charge is 2.44. The molecule has 0 rings (SSSR count). The normalized spacial score (nSPS) is 12.7. The van der Waals surface area contributed by atoms with Gasteiger partial charge < -0.3 is 24.2 Å². The van der Waals surface area contributed by atoms with Gasteiger partial charge >= 0.3 is 23.9 Å². The third-order valence-corrected chi connectivity index (χ3v) is 15.1. The number of ether oxygens (including phenoxy) is 3. The van der Waals surface area contributed by atoms with Crippen molar-refractivity contribution in [1.82, 2.24) is 4.90 Å². The predicted octanol–water partition coefficient (Wildman–Crippen LogP) is 17.0. The summed E-state index contributed by atoms with van der Waals surface area (Å²) >= 11 is 0. The number of rotatable bonds is 58. The van der Waals surface area contributed by atoms with Crippen LogP contribution in [0.25, 0.3) is 0 Å². The first-order valence-electron chi connectivity index (χ1n) is 31.7. The number of carbonyl (C=O) groups is 5. The number of esters is 3. The Kier molecular flexibility index (Phi) is 51.6. The molecule has 0 atom stereocenters. The van der Waals surface area contributed by atoms with E-state index in [1.165, 1.54) is 116 Å². The highest BCUT2D eigenvalue weighted by molar-refractivity contribution is 7.85. The minimum absolute atomic E-state index is 0.0523. The fraction of sp³-hybridized carbons (Fsp3) is 0.828. The lowest BCUT2D eigenvalue weighted by Gasteiger charge is -2.42. The molecule has 14 heteroatoms. The van der Waals surface area contributed by atoms with Crippen LogP contribution in [0.2, 0.25) is 0 Å². The Labute approximate surface area is 476 Å². The Bertz CT molecular complexity index is 1540. The molecule has 0 aliphatic heterocycles. The Balaban J connectivity index is 5.80. The molecule has 0 fully saturated rings. The summed E-state index contributed by atoms with van der Waals surface area (Å²) < 4.78 is 51.6. The summed E-state index contributed by atoms with van der Waals surface area (Å²) in [5.41, 5.74) is -1.94. The second kappa shape index (κ2) is 54.1. The number of hydrogen-bond acceptors (Lipinski definition) is 10. The molecule has 0 aromatic rings. The molecule has 0 spiro atoms. The zero-order chi connectivity index (χ0) is 57.5. The van der Waals surface area contributed by atoms with Gasteiger partial charge in [0, 0.05) is 32.2 Å². The van der Waals surface area contributed by atoms with E-state index in [2.05, 4.69) is 57.2 Å².